The largest absolute Gasteiger partial charge is 0.372 e. The third-order valence-electron chi connectivity index (χ3n) is 3.33. The Morgan fingerprint density at radius 3 is 2.95 bits per heavy atom. The molecule has 1 aliphatic rings. The fourth-order valence-corrected chi connectivity index (χ4v) is 4.17. The quantitative estimate of drug-likeness (QED) is 0.641. The first-order valence-electron chi connectivity index (χ1n) is 6.87. The molecule has 3 rings (SSSR count). The van der Waals surface area contributed by atoms with Crippen LogP contribution in [0.3, 0.4) is 0 Å². The summed E-state index contributed by atoms with van der Waals surface area (Å²) in [5, 5.41) is 3.91. The highest BCUT2D eigenvalue weighted by atomic mass is 32.2. The number of carbonyl (C=O) groups is 1. The first-order chi connectivity index (χ1) is 10.1. The lowest BCUT2D eigenvalue weighted by Gasteiger charge is -2.35. The van der Waals surface area contributed by atoms with Gasteiger partial charge < -0.3 is 9.64 Å². The molecule has 2 aromatic rings. The van der Waals surface area contributed by atoms with Crippen molar-refractivity contribution in [2.75, 3.05) is 18.8 Å². The zero-order valence-corrected chi connectivity index (χ0v) is 13.6. The van der Waals surface area contributed by atoms with Crippen molar-refractivity contribution in [1.29, 1.82) is 0 Å². The van der Waals surface area contributed by atoms with Gasteiger partial charge in [0.25, 0.3) is 0 Å². The van der Waals surface area contributed by atoms with Crippen molar-refractivity contribution in [3.8, 4) is 0 Å². The van der Waals surface area contributed by atoms with E-state index < -0.39 is 0 Å². The number of rotatable bonds is 3. The van der Waals surface area contributed by atoms with Crippen LogP contribution >= 0.6 is 23.1 Å². The summed E-state index contributed by atoms with van der Waals surface area (Å²) < 4.78 is 5.66. The van der Waals surface area contributed by atoms with Gasteiger partial charge >= 0.3 is 0 Å². The smallest absolute Gasteiger partial charge is 0.233 e. The van der Waals surface area contributed by atoms with Gasteiger partial charge in [0.1, 0.15) is 16.2 Å². The van der Waals surface area contributed by atoms with E-state index in [1.54, 1.807) is 17.7 Å². The number of thioether (sulfide) groups is 1. The summed E-state index contributed by atoms with van der Waals surface area (Å²) in [4.78, 5) is 23.7. The Bertz CT molecular complexity index is 636. The topological polar surface area (TPSA) is 55.3 Å². The van der Waals surface area contributed by atoms with Gasteiger partial charge in [0, 0.05) is 18.5 Å². The maximum absolute atomic E-state index is 12.3. The first-order valence-corrected chi connectivity index (χ1v) is 8.74. The molecule has 1 fully saturated rings. The van der Waals surface area contributed by atoms with Crippen LogP contribution in [0.1, 0.15) is 13.8 Å². The number of nitrogens with zero attached hydrogens (tertiary/aromatic N) is 3. The van der Waals surface area contributed by atoms with E-state index in [0.29, 0.717) is 18.8 Å². The Morgan fingerprint density at radius 2 is 2.19 bits per heavy atom. The van der Waals surface area contributed by atoms with Crippen LogP contribution in [0.5, 0.6) is 0 Å². The van der Waals surface area contributed by atoms with Crippen molar-refractivity contribution in [3.63, 3.8) is 0 Å². The molecule has 0 spiro atoms. The van der Waals surface area contributed by atoms with Gasteiger partial charge in [-0.3, -0.25) is 4.79 Å². The van der Waals surface area contributed by atoms with Crippen LogP contribution in [0, 0.1) is 0 Å². The Morgan fingerprint density at radius 1 is 1.43 bits per heavy atom. The van der Waals surface area contributed by atoms with Crippen molar-refractivity contribution in [2.24, 2.45) is 0 Å². The van der Waals surface area contributed by atoms with Crippen molar-refractivity contribution >= 4 is 39.2 Å². The van der Waals surface area contributed by atoms with E-state index in [1.165, 1.54) is 11.8 Å². The second-order valence-corrected chi connectivity index (χ2v) is 7.02. The van der Waals surface area contributed by atoms with Gasteiger partial charge in [0.15, 0.2) is 0 Å². The fourth-order valence-electron chi connectivity index (χ4n) is 2.49. The number of hydrogen-bond acceptors (Lipinski definition) is 6. The highest BCUT2D eigenvalue weighted by Crippen LogP contribution is 2.27. The first kappa shape index (κ1) is 14.7. The van der Waals surface area contributed by atoms with E-state index in [4.69, 9.17) is 4.74 Å². The van der Waals surface area contributed by atoms with Crippen LogP contribution < -0.4 is 0 Å². The number of thiophene rings is 1. The Kier molecular flexibility index (Phi) is 4.42. The maximum atomic E-state index is 12.3. The lowest BCUT2D eigenvalue weighted by atomic mass is 10.2. The summed E-state index contributed by atoms with van der Waals surface area (Å²) in [7, 11) is 0. The van der Waals surface area contributed by atoms with Gasteiger partial charge in [-0.05, 0) is 25.3 Å². The normalized spacial score (nSPS) is 22.7. The number of aromatic nitrogens is 2. The van der Waals surface area contributed by atoms with Gasteiger partial charge in [-0.15, -0.1) is 11.3 Å². The van der Waals surface area contributed by atoms with Crippen LogP contribution in [0.2, 0.25) is 0 Å². The third-order valence-corrected chi connectivity index (χ3v) is 5.14. The summed E-state index contributed by atoms with van der Waals surface area (Å²) in [5.41, 5.74) is 0. The SMILES string of the molecule is C[C@@H]1CN(C(=O)CSc2ncnc3sccc23)C[C@H](C)O1. The monoisotopic (exact) mass is 323 g/mol. The zero-order valence-electron chi connectivity index (χ0n) is 12.0. The van der Waals surface area contributed by atoms with E-state index in [9.17, 15) is 4.79 Å². The summed E-state index contributed by atoms with van der Waals surface area (Å²) in [5.74, 6) is 0.547. The number of hydrogen-bond donors (Lipinski definition) is 0. The van der Waals surface area contributed by atoms with Gasteiger partial charge in [0.05, 0.1) is 18.0 Å². The number of fused-ring (bicyclic) bond motifs is 1. The molecule has 112 valence electrons. The molecule has 2 aromatic heterocycles. The van der Waals surface area contributed by atoms with Crippen LogP contribution in [-0.4, -0.2) is 51.8 Å². The van der Waals surface area contributed by atoms with E-state index in [0.717, 1.165) is 15.2 Å². The fraction of sp³-hybridized carbons (Fsp3) is 0.500. The van der Waals surface area contributed by atoms with Gasteiger partial charge in [-0.2, -0.15) is 0 Å². The molecule has 0 aliphatic carbocycles. The lowest BCUT2D eigenvalue weighted by Crippen LogP contribution is -2.48. The zero-order chi connectivity index (χ0) is 14.8. The van der Waals surface area contributed by atoms with E-state index in [2.05, 4.69) is 9.97 Å². The van der Waals surface area contributed by atoms with Crippen LogP contribution in [0.15, 0.2) is 22.8 Å². The van der Waals surface area contributed by atoms with Crippen LogP contribution in [-0.2, 0) is 9.53 Å². The highest BCUT2D eigenvalue weighted by Gasteiger charge is 2.25. The lowest BCUT2D eigenvalue weighted by molar-refractivity contribution is -0.140. The highest BCUT2D eigenvalue weighted by molar-refractivity contribution is 8.00. The molecule has 21 heavy (non-hydrogen) atoms. The molecule has 3 heterocycles. The van der Waals surface area contributed by atoms with Crippen molar-refractivity contribution in [2.45, 2.75) is 31.1 Å². The minimum atomic E-state index is 0.102. The van der Waals surface area contributed by atoms with Gasteiger partial charge in [-0.1, -0.05) is 11.8 Å². The molecule has 0 N–H and O–H groups in total. The maximum Gasteiger partial charge on any atom is 0.233 e. The molecule has 0 aromatic carbocycles. The predicted molar refractivity (Wildman–Crippen MR) is 84.7 cm³/mol. The van der Waals surface area contributed by atoms with Crippen molar-refractivity contribution < 1.29 is 9.53 Å². The third kappa shape index (κ3) is 3.36. The number of ether oxygens (including phenoxy) is 1. The molecule has 1 amide bonds. The predicted octanol–water partition coefficient (Wildman–Crippen LogP) is 2.42. The summed E-state index contributed by atoms with van der Waals surface area (Å²) >= 11 is 3.07. The number of morpholine rings is 1. The number of carbonyl (C=O) groups excluding carboxylic acids is 1. The minimum absolute atomic E-state index is 0.102. The van der Waals surface area contributed by atoms with Crippen molar-refractivity contribution in [3.05, 3.63) is 17.8 Å². The molecular weight excluding hydrogens is 306 g/mol. The molecule has 5 nitrogen and oxygen atoms in total. The molecule has 7 heteroatoms. The van der Waals surface area contributed by atoms with Gasteiger partial charge in [-0.25, -0.2) is 9.97 Å². The van der Waals surface area contributed by atoms with Crippen LogP contribution in [0.25, 0.3) is 10.2 Å². The van der Waals surface area contributed by atoms with Crippen molar-refractivity contribution in [1.82, 2.24) is 14.9 Å². The molecule has 1 aliphatic heterocycles. The molecule has 2 atom stereocenters. The molecule has 0 unspecified atom stereocenters. The van der Waals surface area contributed by atoms with E-state index in [-0.39, 0.29) is 18.1 Å². The van der Waals surface area contributed by atoms with E-state index in [1.807, 2.05) is 30.2 Å². The van der Waals surface area contributed by atoms with E-state index >= 15 is 0 Å². The Hall–Kier alpha value is -1.18. The summed E-state index contributed by atoms with van der Waals surface area (Å²) in [6.45, 7) is 5.34. The summed E-state index contributed by atoms with van der Waals surface area (Å²) in [6, 6.07) is 2.01. The summed E-state index contributed by atoms with van der Waals surface area (Å²) in [6.07, 6.45) is 1.76. The Balaban J connectivity index is 1.64. The second kappa shape index (κ2) is 6.29. The molecule has 0 bridgehead atoms. The number of amides is 1. The Labute approximate surface area is 131 Å². The molecule has 1 saturated heterocycles. The molecule has 0 radical (unpaired) electrons. The minimum Gasteiger partial charge on any atom is -0.372 e. The standard InChI is InChI=1S/C14H17N3O2S2/c1-9-5-17(6-10(2)19-9)12(18)7-21-14-11-3-4-20-13(11)15-8-16-14/h3-4,8-10H,5-7H2,1-2H3/t9-,10+. The second-order valence-electron chi connectivity index (χ2n) is 5.16. The average Bonchev–Trinajstić information content (AvgIpc) is 2.92. The van der Waals surface area contributed by atoms with Crippen LogP contribution in [0.4, 0.5) is 0 Å². The average molecular weight is 323 g/mol. The van der Waals surface area contributed by atoms with Gasteiger partial charge in [0.2, 0.25) is 5.91 Å². The molecular formula is C14H17N3O2S2. The molecule has 0 saturated carbocycles.